The third-order valence-electron chi connectivity index (χ3n) is 0.910. The van der Waals surface area contributed by atoms with Crippen LogP contribution in [-0.4, -0.2) is 11.6 Å². The lowest BCUT2D eigenvalue weighted by atomic mass is 10.5. The quantitative estimate of drug-likeness (QED) is 0.695. The van der Waals surface area contributed by atoms with Gasteiger partial charge in [-0.2, -0.15) is 8.78 Å². The minimum Gasteiger partial charge on any atom is -0.417 e. The molecule has 0 aliphatic carbocycles. The van der Waals surface area contributed by atoms with Gasteiger partial charge in [0.15, 0.2) is 0 Å². The Morgan fingerprint density at radius 1 is 1.45 bits per heavy atom. The van der Waals surface area contributed by atoms with Crippen molar-refractivity contribution < 1.29 is 13.5 Å². The summed E-state index contributed by atoms with van der Waals surface area (Å²) in [6.45, 7) is -2.84. The molecular weight excluding hydrogens is 176 g/mol. The van der Waals surface area contributed by atoms with Gasteiger partial charge in [0.25, 0.3) is 0 Å². The van der Waals surface area contributed by atoms with E-state index in [1.54, 1.807) is 0 Å². The summed E-state index contributed by atoms with van der Waals surface area (Å²) in [4.78, 5) is 3.48. The van der Waals surface area contributed by atoms with Crippen molar-refractivity contribution in [2.75, 3.05) is 0 Å². The van der Waals surface area contributed by atoms with Crippen LogP contribution < -0.4 is 4.74 Å². The lowest BCUT2D eigenvalue weighted by Gasteiger charge is -2.01. The summed E-state index contributed by atoms with van der Waals surface area (Å²) in [7, 11) is 0. The Morgan fingerprint density at radius 2 is 2.18 bits per heavy atom. The minimum atomic E-state index is -2.84. The molecule has 1 aromatic heterocycles. The van der Waals surface area contributed by atoms with Crippen LogP contribution in [0.1, 0.15) is 0 Å². The number of alkyl halides is 2. The Balaban J connectivity index is 2.66. The molecule has 0 spiro atoms. The number of rotatable bonds is 2. The van der Waals surface area contributed by atoms with Gasteiger partial charge in [-0.25, -0.2) is 4.98 Å². The Bertz CT molecular complexity index is 227. The van der Waals surface area contributed by atoms with Crippen molar-refractivity contribution in [3.8, 4) is 5.88 Å². The summed E-state index contributed by atoms with van der Waals surface area (Å²) < 4.78 is 27.0. The van der Waals surface area contributed by atoms with E-state index >= 15 is 0 Å². The molecule has 5 heteroatoms. The van der Waals surface area contributed by atoms with E-state index in [1.807, 2.05) is 0 Å². The van der Waals surface area contributed by atoms with Crippen LogP contribution in [0.5, 0.6) is 5.88 Å². The first-order valence-corrected chi connectivity index (χ1v) is 3.12. The molecule has 0 N–H and O–H groups in total. The van der Waals surface area contributed by atoms with Gasteiger partial charge < -0.3 is 4.74 Å². The normalized spacial score (nSPS) is 10.2. The number of hydrogen-bond acceptors (Lipinski definition) is 2. The number of hydrogen-bond donors (Lipinski definition) is 0. The first-order chi connectivity index (χ1) is 5.18. The summed E-state index contributed by atoms with van der Waals surface area (Å²) in [5.41, 5.74) is 0. The van der Waals surface area contributed by atoms with Crippen LogP contribution >= 0.6 is 11.6 Å². The largest absolute Gasteiger partial charge is 0.417 e. The fraction of sp³-hybridized carbons (Fsp3) is 0.167. The third-order valence-corrected chi connectivity index (χ3v) is 1.13. The van der Waals surface area contributed by atoms with Gasteiger partial charge in [-0.1, -0.05) is 11.6 Å². The van der Waals surface area contributed by atoms with E-state index in [0.717, 1.165) is 0 Å². The fourth-order valence-electron chi connectivity index (χ4n) is 0.523. The second-order valence-corrected chi connectivity index (χ2v) is 2.13. The highest BCUT2D eigenvalue weighted by Crippen LogP contribution is 2.13. The molecule has 1 heterocycles. The molecule has 11 heavy (non-hydrogen) atoms. The molecule has 0 aliphatic rings. The molecule has 0 aliphatic heterocycles. The van der Waals surface area contributed by atoms with Crippen molar-refractivity contribution in [2.45, 2.75) is 6.61 Å². The number of halogens is 3. The van der Waals surface area contributed by atoms with Gasteiger partial charge in [0.05, 0.1) is 5.02 Å². The molecule has 2 nitrogen and oxygen atoms in total. The average Bonchev–Trinajstić information content (AvgIpc) is 1.93. The molecule has 0 radical (unpaired) electrons. The van der Waals surface area contributed by atoms with Crippen molar-refractivity contribution >= 4 is 11.6 Å². The predicted molar refractivity (Wildman–Crippen MR) is 35.9 cm³/mol. The van der Waals surface area contributed by atoms with Gasteiger partial charge in [-0.15, -0.1) is 0 Å². The van der Waals surface area contributed by atoms with E-state index in [1.165, 1.54) is 18.3 Å². The van der Waals surface area contributed by atoms with Crippen molar-refractivity contribution in [1.82, 2.24) is 4.98 Å². The topological polar surface area (TPSA) is 22.1 Å². The van der Waals surface area contributed by atoms with Crippen LogP contribution in [0.25, 0.3) is 0 Å². The second-order valence-electron chi connectivity index (χ2n) is 1.69. The Hall–Kier alpha value is -0.900. The van der Waals surface area contributed by atoms with E-state index in [-0.39, 0.29) is 5.88 Å². The lowest BCUT2D eigenvalue weighted by molar-refractivity contribution is -0.0528. The highest BCUT2D eigenvalue weighted by Gasteiger charge is 2.03. The minimum absolute atomic E-state index is 0.135. The van der Waals surface area contributed by atoms with Crippen LogP contribution in [-0.2, 0) is 0 Å². The maximum Gasteiger partial charge on any atom is 0.388 e. The van der Waals surface area contributed by atoms with Crippen molar-refractivity contribution in [3.05, 3.63) is 23.4 Å². The smallest absolute Gasteiger partial charge is 0.388 e. The summed E-state index contributed by atoms with van der Waals surface area (Å²) in [6.07, 6.45) is 1.24. The first kappa shape index (κ1) is 8.20. The standard InChI is InChI=1S/C6H4ClF2NO/c7-4-1-2-5(10-3-4)11-6(8)9/h1-3,6H. The summed E-state index contributed by atoms with van der Waals surface area (Å²) >= 11 is 5.44. The fourth-order valence-corrected chi connectivity index (χ4v) is 0.635. The van der Waals surface area contributed by atoms with Gasteiger partial charge in [-0.3, -0.25) is 0 Å². The van der Waals surface area contributed by atoms with E-state index in [2.05, 4.69) is 9.72 Å². The zero-order chi connectivity index (χ0) is 8.27. The number of aromatic nitrogens is 1. The van der Waals surface area contributed by atoms with Crippen LogP contribution in [0.2, 0.25) is 5.02 Å². The molecular formula is C6H4ClF2NO. The van der Waals surface area contributed by atoms with Crippen LogP contribution in [0.4, 0.5) is 8.78 Å². The second kappa shape index (κ2) is 3.48. The maximum absolute atomic E-state index is 11.5. The third kappa shape index (κ3) is 2.67. The molecule has 0 aromatic carbocycles. The predicted octanol–water partition coefficient (Wildman–Crippen LogP) is 2.34. The van der Waals surface area contributed by atoms with E-state index in [9.17, 15) is 8.78 Å². The van der Waals surface area contributed by atoms with E-state index < -0.39 is 6.61 Å². The van der Waals surface area contributed by atoms with Gasteiger partial charge in [0.1, 0.15) is 0 Å². The number of nitrogens with zero attached hydrogens (tertiary/aromatic N) is 1. The lowest BCUT2D eigenvalue weighted by Crippen LogP contribution is -2.02. The van der Waals surface area contributed by atoms with Gasteiger partial charge >= 0.3 is 6.61 Å². The van der Waals surface area contributed by atoms with Crippen molar-refractivity contribution in [1.29, 1.82) is 0 Å². The Morgan fingerprint density at radius 3 is 2.64 bits per heavy atom. The monoisotopic (exact) mass is 179 g/mol. The van der Waals surface area contributed by atoms with Crippen molar-refractivity contribution in [2.24, 2.45) is 0 Å². The van der Waals surface area contributed by atoms with Crippen LogP contribution in [0.15, 0.2) is 18.3 Å². The highest BCUT2D eigenvalue weighted by molar-refractivity contribution is 6.30. The SMILES string of the molecule is FC(F)Oc1ccc(Cl)cn1. The first-order valence-electron chi connectivity index (χ1n) is 2.75. The van der Waals surface area contributed by atoms with Crippen LogP contribution in [0, 0.1) is 0 Å². The van der Waals surface area contributed by atoms with E-state index in [4.69, 9.17) is 11.6 Å². The van der Waals surface area contributed by atoms with Crippen molar-refractivity contribution in [3.63, 3.8) is 0 Å². The molecule has 0 saturated heterocycles. The molecule has 0 saturated carbocycles. The van der Waals surface area contributed by atoms with Crippen LogP contribution in [0.3, 0.4) is 0 Å². The molecule has 1 aromatic rings. The maximum atomic E-state index is 11.5. The summed E-state index contributed by atoms with van der Waals surface area (Å²) in [5, 5.41) is 0.381. The molecule has 1 rings (SSSR count). The zero-order valence-electron chi connectivity index (χ0n) is 5.30. The van der Waals surface area contributed by atoms with Gasteiger partial charge in [-0.05, 0) is 6.07 Å². The number of ether oxygens (including phenoxy) is 1. The summed E-state index contributed by atoms with van der Waals surface area (Å²) in [5.74, 6) is -0.135. The Labute approximate surface area is 66.8 Å². The molecule has 0 fully saturated rings. The Kier molecular flexibility index (Phi) is 2.59. The molecule has 0 bridgehead atoms. The molecule has 60 valence electrons. The number of pyridine rings is 1. The van der Waals surface area contributed by atoms with Gasteiger partial charge in [0.2, 0.25) is 5.88 Å². The molecule has 0 atom stereocenters. The van der Waals surface area contributed by atoms with E-state index in [0.29, 0.717) is 5.02 Å². The summed E-state index contributed by atoms with van der Waals surface area (Å²) in [6, 6.07) is 2.70. The zero-order valence-corrected chi connectivity index (χ0v) is 6.05. The molecule has 0 unspecified atom stereocenters. The average molecular weight is 180 g/mol. The highest BCUT2D eigenvalue weighted by atomic mass is 35.5. The van der Waals surface area contributed by atoms with Gasteiger partial charge in [0, 0.05) is 12.3 Å². The molecule has 0 amide bonds.